The third-order valence-electron chi connectivity index (χ3n) is 6.36. The highest BCUT2D eigenvalue weighted by Gasteiger charge is 2.30. The number of amides is 1. The van der Waals surface area contributed by atoms with Gasteiger partial charge >= 0.3 is 0 Å². The molecule has 1 fully saturated rings. The molecule has 1 saturated heterocycles. The summed E-state index contributed by atoms with van der Waals surface area (Å²) in [7, 11) is 0. The molecule has 2 aromatic rings. The fourth-order valence-corrected chi connectivity index (χ4v) is 4.74. The van der Waals surface area contributed by atoms with Crippen LogP contribution in [-0.2, 0) is 4.79 Å². The molecular formula is C25H28N2O3. The fourth-order valence-electron chi connectivity index (χ4n) is 4.74. The molecule has 0 saturated carbocycles. The second-order valence-corrected chi connectivity index (χ2v) is 8.22. The molecule has 1 amide bonds. The number of benzene rings is 2. The lowest BCUT2D eigenvalue weighted by Gasteiger charge is -2.31. The van der Waals surface area contributed by atoms with Gasteiger partial charge in [-0.2, -0.15) is 0 Å². The van der Waals surface area contributed by atoms with Crippen LogP contribution in [-0.4, -0.2) is 55.1 Å². The average Bonchev–Trinajstić information content (AvgIpc) is 3.27. The van der Waals surface area contributed by atoms with Gasteiger partial charge in [0.2, 0.25) is 5.91 Å². The lowest BCUT2D eigenvalue weighted by atomic mass is 9.99. The van der Waals surface area contributed by atoms with Crippen LogP contribution in [0.4, 0.5) is 0 Å². The molecule has 0 aliphatic carbocycles. The van der Waals surface area contributed by atoms with Gasteiger partial charge in [-0.3, -0.25) is 9.69 Å². The van der Waals surface area contributed by atoms with E-state index in [1.165, 1.54) is 16.7 Å². The number of fused-ring (bicyclic) bond motifs is 1. The Morgan fingerprint density at radius 1 is 1.00 bits per heavy atom. The van der Waals surface area contributed by atoms with Crippen molar-refractivity contribution in [1.29, 1.82) is 0 Å². The Morgan fingerprint density at radius 3 is 2.63 bits per heavy atom. The second-order valence-electron chi connectivity index (χ2n) is 8.22. The Bertz CT molecular complexity index is 941. The van der Waals surface area contributed by atoms with E-state index in [0.29, 0.717) is 26.3 Å². The molecule has 156 valence electrons. The Balaban J connectivity index is 1.23. The monoisotopic (exact) mass is 404 g/mol. The number of carbonyl (C=O) groups excluding carboxylic acids is 1. The predicted octanol–water partition coefficient (Wildman–Crippen LogP) is 3.91. The average molecular weight is 405 g/mol. The topological polar surface area (TPSA) is 42.0 Å². The molecule has 3 aliphatic rings. The minimum atomic E-state index is 0.225. The van der Waals surface area contributed by atoms with E-state index in [-0.39, 0.29) is 11.9 Å². The molecule has 0 bridgehead atoms. The van der Waals surface area contributed by atoms with Crippen molar-refractivity contribution in [2.45, 2.75) is 25.3 Å². The highest BCUT2D eigenvalue weighted by molar-refractivity contribution is 5.80. The van der Waals surface area contributed by atoms with Gasteiger partial charge in [-0.1, -0.05) is 42.5 Å². The number of hydrogen-bond acceptors (Lipinski definition) is 4. The van der Waals surface area contributed by atoms with E-state index >= 15 is 0 Å². The van der Waals surface area contributed by atoms with Crippen LogP contribution in [0.1, 0.15) is 36.4 Å². The van der Waals surface area contributed by atoms with Crippen molar-refractivity contribution in [3.05, 3.63) is 65.7 Å². The van der Waals surface area contributed by atoms with Gasteiger partial charge in [-0.15, -0.1) is 0 Å². The molecule has 3 heterocycles. The number of nitrogens with zero attached hydrogens (tertiary/aromatic N) is 2. The Morgan fingerprint density at radius 2 is 1.83 bits per heavy atom. The van der Waals surface area contributed by atoms with Crippen LogP contribution in [0, 0.1) is 0 Å². The molecule has 3 aliphatic heterocycles. The van der Waals surface area contributed by atoms with Crippen molar-refractivity contribution < 1.29 is 14.3 Å². The normalized spacial score (nSPS) is 21.4. The zero-order valence-electron chi connectivity index (χ0n) is 17.3. The van der Waals surface area contributed by atoms with E-state index in [1.807, 2.05) is 17.0 Å². The van der Waals surface area contributed by atoms with Gasteiger partial charge in [-0.05, 0) is 54.6 Å². The maximum Gasteiger partial charge on any atom is 0.237 e. The lowest BCUT2D eigenvalue weighted by Crippen LogP contribution is -2.42. The van der Waals surface area contributed by atoms with E-state index in [0.717, 1.165) is 43.9 Å². The van der Waals surface area contributed by atoms with E-state index in [1.54, 1.807) is 0 Å². The first-order valence-electron chi connectivity index (χ1n) is 10.9. The molecule has 1 atom stereocenters. The van der Waals surface area contributed by atoms with Crippen molar-refractivity contribution in [3.63, 3.8) is 0 Å². The molecule has 0 spiro atoms. The summed E-state index contributed by atoms with van der Waals surface area (Å²) in [6.45, 7) is 4.13. The highest BCUT2D eigenvalue weighted by atomic mass is 16.6. The molecule has 1 unspecified atom stereocenters. The molecule has 30 heavy (non-hydrogen) atoms. The number of ether oxygens (including phenoxy) is 2. The zero-order valence-corrected chi connectivity index (χ0v) is 17.3. The van der Waals surface area contributed by atoms with Crippen LogP contribution in [0.5, 0.6) is 11.5 Å². The molecular weight excluding hydrogens is 376 g/mol. The first kappa shape index (κ1) is 19.2. The summed E-state index contributed by atoms with van der Waals surface area (Å²) in [5.41, 5.74) is 3.83. The standard InChI is InChI=1S/C25H28N2O3/c28-25(26-13-10-20(11-14-26)19-5-2-1-3-6-19)18-27-12-4-7-22(27)21-8-9-23-24(17-21)30-16-15-29-23/h1-3,5-6,8-10,17,22H,4,7,11-16,18H2. The third kappa shape index (κ3) is 3.94. The van der Waals surface area contributed by atoms with Crippen molar-refractivity contribution in [3.8, 4) is 11.5 Å². The van der Waals surface area contributed by atoms with Gasteiger partial charge in [0.05, 0.1) is 6.54 Å². The maximum atomic E-state index is 13.0. The molecule has 5 heteroatoms. The molecule has 5 nitrogen and oxygen atoms in total. The van der Waals surface area contributed by atoms with Gasteiger partial charge in [0.25, 0.3) is 0 Å². The lowest BCUT2D eigenvalue weighted by molar-refractivity contribution is -0.132. The van der Waals surface area contributed by atoms with Crippen molar-refractivity contribution in [1.82, 2.24) is 9.80 Å². The zero-order chi connectivity index (χ0) is 20.3. The Kier molecular flexibility index (Phi) is 5.45. The second kappa shape index (κ2) is 8.52. The summed E-state index contributed by atoms with van der Waals surface area (Å²) >= 11 is 0. The van der Waals surface area contributed by atoms with Crippen molar-refractivity contribution in [2.75, 3.05) is 39.4 Å². The summed E-state index contributed by atoms with van der Waals surface area (Å²) in [6, 6.07) is 17.0. The van der Waals surface area contributed by atoms with E-state index in [2.05, 4.69) is 47.4 Å². The predicted molar refractivity (Wildman–Crippen MR) is 117 cm³/mol. The van der Waals surface area contributed by atoms with Crippen molar-refractivity contribution >= 4 is 11.5 Å². The number of carbonyl (C=O) groups is 1. The number of likely N-dealkylation sites (tertiary alicyclic amines) is 1. The van der Waals surface area contributed by atoms with Gasteiger partial charge in [0.15, 0.2) is 11.5 Å². The van der Waals surface area contributed by atoms with Crippen LogP contribution in [0.25, 0.3) is 5.57 Å². The first-order valence-corrected chi connectivity index (χ1v) is 10.9. The van der Waals surface area contributed by atoms with Crippen LogP contribution < -0.4 is 9.47 Å². The molecule has 2 aromatic carbocycles. The van der Waals surface area contributed by atoms with Crippen LogP contribution >= 0.6 is 0 Å². The van der Waals surface area contributed by atoms with Gasteiger partial charge < -0.3 is 14.4 Å². The van der Waals surface area contributed by atoms with Crippen molar-refractivity contribution in [2.24, 2.45) is 0 Å². The smallest absolute Gasteiger partial charge is 0.237 e. The Hall–Kier alpha value is -2.79. The van der Waals surface area contributed by atoms with E-state index in [4.69, 9.17) is 9.47 Å². The summed E-state index contributed by atoms with van der Waals surface area (Å²) in [6.07, 6.45) is 5.32. The third-order valence-corrected chi connectivity index (χ3v) is 6.36. The molecule has 5 rings (SSSR count). The quantitative estimate of drug-likeness (QED) is 0.775. The Labute approximate surface area is 177 Å². The van der Waals surface area contributed by atoms with Crippen LogP contribution in [0.3, 0.4) is 0 Å². The van der Waals surface area contributed by atoms with Gasteiger partial charge in [0, 0.05) is 19.1 Å². The maximum absolute atomic E-state index is 13.0. The van der Waals surface area contributed by atoms with E-state index in [9.17, 15) is 4.79 Å². The highest BCUT2D eigenvalue weighted by Crippen LogP contribution is 2.38. The fraction of sp³-hybridized carbons (Fsp3) is 0.400. The minimum Gasteiger partial charge on any atom is -0.486 e. The number of rotatable bonds is 4. The molecule has 0 aromatic heterocycles. The van der Waals surface area contributed by atoms with Gasteiger partial charge in [0.1, 0.15) is 13.2 Å². The summed E-state index contributed by atoms with van der Waals surface area (Å²) in [4.78, 5) is 17.3. The van der Waals surface area contributed by atoms with Crippen LogP contribution in [0.15, 0.2) is 54.6 Å². The summed E-state index contributed by atoms with van der Waals surface area (Å²) in [5, 5.41) is 0. The minimum absolute atomic E-state index is 0.225. The first-order chi connectivity index (χ1) is 14.8. The summed E-state index contributed by atoms with van der Waals surface area (Å²) < 4.78 is 11.4. The number of hydrogen-bond donors (Lipinski definition) is 0. The van der Waals surface area contributed by atoms with Gasteiger partial charge in [-0.25, -0.2) is 0 Å². The van der Waals surface area contributed by atoms with Crippen LogP contribution in [0.2, 0.25) is 0 Å². The SMILES string of the molecule is O=C(CN1CCCC1c1ccc2c(c1)OCCO2)N1CC=C(c2ccccc2)CC1. The summed E-state index contributed by atoms with van der Waals surface area (Å²) in [5.74, 6) is 1.87. The largest absolute Gasteiger partial charge is 0.486 e. The van der Waals surface area contributed by atoms with E-state index < -0.39 is 0 Å². The molecule has 0 N–H and O–H groups in total. The molecule has 0 radical (unpaired) electrons.